The Morgan fingerprint density at radius 1 is 0.857 bits per heavy atom. The average Bonchev–Trinajstić information content (AvgIpc) is 3.40. The molecular weight excluding hydrogens is 522 g/mol. The van der Waals surface area contributed by atoms with Crippen LogP contribution in [0.25, 0.3) is 33.1 Å². The van der Waals surface area contributed by atoms with E-state index >= 15 is 0 Å². The van der Waals surface area contributed by atoms with Gasteiger partial charge in [-0.3, -0.25) is 4.90 Å². The van der Waals surface area contributed by atoms with Gasteiger partial charge in [0.05, 0.1) is 16.6 Å². The minimum atomic E-state index is 0.414. The smallest absolute Gasteiger partial charge is 0.228 e. The maximum Gasteiger partial charge on any atom is 0.228 e. The summed E-state index contributed by atoms with van der Waals surface area (Å²) in [5, 5.41) is 5.40. The molecule has 7 rings (SSSR count). The Balaban J connectivity index is 1.12. The van der Waals surface area contributed by atoms with Crippen molar-refractivity contribution in [2.24, 2.45) is 0 Å². The van der Waals surface area contributed by atoms with Crippen LogP contribution < -0.4 is 11.1 Å². The van der Waals surface area contributed by atoms with Gasteiger partial charge in [0.15, 0.2) is 0 Å². The van der Waals surface area contributed by atoms with Crippen molar-refractivity contribution >= 4 is 39.4 Å². The van der Waals surface area contributed by atoms with Gasteiger partial charge in [0.2, 0.25) is 5.95 Å². The largest absolute Gasteiger partial charge is 0.383 e. The summed E-state index contributed by atoms with van der Waals surface area (Å²) < 4.78 is 2.36. The molecule has 0 bridgehead atoms. The number of hydrogen-bond donors (Lipinski definition) is 2. The first-order chi connectivity index (χ1) is 20.4. The normalized spacial score (nSPS) is 20.4. The Hall–Kier alpha value is -4.08. The number of nitrogens with one attached hydrogen (secondary N) is 1. The molecule has 0 radical (unpaired) electrons. The molecule has 216 valence electrons. The first-order valence-corrected chi connectivity index (χ1v) is 15.1. The zero-order valence-corrected chi connectivity index (χ0v) is 24.7. The highest BCUT2D eigenvalue weighted by atomic mass is 15.3. The predicted octanol–water partition coefficient (Wildman–Crippen LogP) is 5.72. The second kappa shape index (κ2) is 11.0. The molecule has 9 nitrogen and oxygen atoms in total. The highest BCUT2D eigenvalue weighted by Gasteiger charge is 2.30. The molecule has 0 amide bonds. The number of benzene rings is 2. The third kappa shape index (κ3) is 5.07. The summed E-state index contributed by atoms with van der Waals surface area (Å²) in [7, 11) is 2.22. The Morgan fingerprint density at radius 2 is 1.60 bits per heavy atom. The second-order valence-electron chi connectivity index (χ2n) is 12.1. The van der Waals surface area contributed by atoms with Crippen LogP contribution in [0.5, 0.6) is 0 Å². The molecule has 0 unspecified atom stereocenters. The maximum atomic E-state index is 6.47. The third-order valence-electron chi connectivity index (χ3n) is 9.25. The van der Waals surface area contributed by atoms with E-state index in [2.05, 4.69) is 87.3 Å². The lowest BCUT2D eigenvalue weighted by atomic mass is 9.89. The van der Waals surface area contributed by atoms with Crippen LogP contribution in [0.3, 0.4) is 0 Å². The lowest BCUT2D eigenvalue weighted by Crippen LogP contribution is -2.49. The SMILES string of the molecule is Cc1ccc2nc(Nc3ccc(-c4cn(C5CCC(N6CCN(C)CC6)CC5)c5ncnc(N)c45)cc3)nc(C)c2c1. The van der Waals surface area contributed by atoms with Crippen molar-refractivity contribution < 1.29 is 0 Å². The molecule has 2 aliphatic rings. The van der Waals surface area contributed by atoms with E-state index in [4.69, 9.17) is 20.7 Å². The number of rotatable bonds is 5. The molecule has 0 spiro atoms. The van der Waals surface area contributed by atoms with Gasteiger partial charge in [-0.2, -0.15) is 0 Å². The van der Waals surface area contributed by atoms with Crippen molar-refractivity contribution in [3.63, 3.8) is 0 Å². The number of hydrogen-bond acceptors (Lipinski definition) is 8. The van der Waals surface area contributed by atoms with Gasteiger partial charge in [0.25, 0.3) is 0 Å². The van der Waals surface area contributed by atoms with E-state index in [1.807, 2.05) is 6.92 Å². The van der Waals surface area contributed by atoms with E-state index in [-0.39, 0.29) is 0 Å². The zero-order chi connectivity index (χ0) is 28.8. The van der Waals surface area contributed by atoms with Crippen LogP contribution >= 0.6 is 0 Å². The van der Waals surface area contributed by atoms with Gasteiger partial charge < -0.3 is 20.5 Å². The summed E-state index contributed by atoms with van der Waals surface area (Å²) in [5.41, 5.74) is 13.6. The molecule has 1 aliphatic heterocycles. The van der Waals surface area contributed by atoms with Crippen LogP contribution in [0.15, 0.2) is 55.0 Å². The number of nitrogen functional groups attached to an aromatic ring is 1. The van der Waals surface area contributed by atoms with Crippen LogP contribution in [-0.2, 0) is 0 Å². The molecule has 5 aromatic rings. The zero-order valence-electron chi connectivity index (χ0n) is 24.7. The molecule has 1 saturated heterocycles. The molecule has 2 aromatic carbocycles. The van der Waals surface area contributed by atoms with Crippen LogP contribution in [0.2, 0.25) is 0 Å². The summed E-state index contributed by atoms with van der Waals surface area (Å²) in [4.78, 5) is 23.6. The molecule has 4 heterocycles. The number of aromatic nitrogens is 5. The number of aryl methyl sites for hydroxylation is 2. The first-order valence-electron chi connectivity index (χ1n) is 15.1. The molecule has 2 fully saturated rings. The van der Waals surface area contributed by atoms with Gasteiger partial charge in [-0.15, -0.1) is 0 Å². The van der Waals surface area contributed by atoms with Gasteiger partial charge in [-0.1, -0.05) is 23.8 Å². The topological polar surface area (TPSA) is 101 Å². The Morgan fingerprint density at radius 3 is 2.36 bits per heavy atom. The number of fused-ring (bicyclic) bond motifs is 2. The maximum absolute atomic E-state index is 6.47. The lowest BCUT2D eigenvalue weighted by Gasteiger charge is -2.41. The molecular formula is C33H39N9. The first kappa shape index (κ1) is 26.8. The van der Waals surface area contributed by atoms with Crippen LogP contribution in [0, 0.1) is 13.8 Å². The summed E-state index contributed by atoms with van der Waals surface area (Å²) in [6.45, 7) is 8.82. The van der Waals surface area contributed by atoms with E-state index in [0.717, 1.165) is 57.3 Å². The van der Waals surface area contributed by atoms with Gasteiger partial charge in [-0.05, 0) is 76.4 Å². The van der Waals surface area contributed by atoms with E-state index in [1.165, 1.54) is 44.6 Å². The van der Waals surface area contributed by atoms with Gasteiger partial charge in [0, 0.05) is 61.1 Å². The van der Waals surface area contributed by atoms with Crippen LogP contribution in [0.1, 0.15) is 43.0 Å². The molecule has 1 saturated carbocycles. The van der Waals surface area contributed by atoms with E-state index < -0.39 is 0 Å². The fourth-order valence-electron chi connectivity index (χ4n) is 6.81. The summed E-state index contributed by atoms with van der Waals surface area (Å²) in [6, 6.07) is 15.7. The van der Waals surface area contributed by atoms with Crippen LogP contribution in [0.4, 0.5) is 17.5 Å². The van der Waals surface area contributed by atoms with E-state index in [1.54, 1.807) is 6.33 Å². The van der Waals surface area contributed by atoms with Crippen LogP contribution in [-0.4, -0.2) is 73.6 Å². The minimum absolute atomic E-state index is 0.414. The van der Waals surface area contributed by atoms with Gasteiger partial charge in [-0.25, -0.2) is 19.9 Å². The standard InChI is InChI=1S/C33H39N9/c1-21-4-13-29-27(18-21)22(2)37-33(39-29)38-24-7-5-23(6-8-24)28-19-42(32-30(28)31(34)35-20-36-32)26-11-9-25(10-12-26)41-16-14-40(3)15-17-41/h4-8,13,18-20,25-26H,9-12,14-17H2,1-3H3,(H2,34,35,36)(H,37,38,39). The quantitative estimate of drug-likeness (QED) is 0.281. The average molecular weight is 562 g/mol. The summed E-state index contributed by atoms with van der Waals surface area (Å²) in [6.07, 6.45) is 8.58. The molecule has 0 atom stereocenters. The Bertz CT molecular complexity index is 1730. The van der Waals surface area contributed by atoms with Gasteiger partial charge in [0.1, 0.15) is 17.8 Å². The van der Waals surface area contributed by atoms with E-state index in [9.17, 15) is 0 Å². The number of nitrogens with zero attached hydrogens (tertiary/aromatic N) is 7. The Kier molecular flexibility index (Phi) is 6.99. The monoisotopic (exact) mass is 561 g/mol. The highest BCUT2D eigenvalue weighted by Crippen LogP contribution is 2.39. The summed E-state index contributed by atoms with van der Waals surface area (Å²) in [5.74, 6) is 1.12. The molecule has 9 heteroatoms. The van der Waals surface area contributed by atoms with Crippen molar-refractivity contribution in [2.75, 3.05) is 44.3 Å². The van der Waals surface area contributed by atoms with Crippen molar-refractivity contribution in [2.45, 2.75) is 51.6 Å². The van der Waals surface area contributed by atoms with Crippen molar-refractivity contribution in [1.82, 2.24) is 34.3 Å². The minimum Gasteiger partial charge on any atom is -0.383 e. The highest BCUT2D eigenvalue weighted by molar-refractivity contribution is 6.00. The number of piperazine rings is 1. The summed E-state index contributed by atoms with van der Waals surface area (Å²) >= 11 is 0. The molecule has 3 aromatic heterocycles. The fourth-order valence-corrected chi connectivity index (χ4v) is 6.81. The van der Waals surface area contributed by atoms with E-state index in [0.29, 0.717) is 23.8 Å². The molecule has 42 heavy (non-hydrogen) atoms. The fraction of sp³-hybridized carbons (Fsp3) is 0.394. The van der Waals surface area contributed by atoms with Crippen molar-refractivity contribution in [1.29, 1.82) is 0 Å². The number of nitrogens with two attached hydrogens (primary N) is 1. The number of likely N-dealkylation sites (N-methyl/N-ethyl adjacent to an activating group) is 1. The third-order valence-corrected chi connectivity index (χ3v) is 9.25. The Labute approximate surface area is 246 Å². The second-order valence-corrected chi connectivity index (χ2v) is 12.1. The predicted molar refractivity (Wildman–Crippen MR) is 170 cm³/mol. The van der Waals surface area contributed by atoms with Crippen molar-refractivity contribution in [3.05, 3.63) is 66.2 Å². The number of anilines is 3. The molecule has 1 aliphatic carbocycles. The van der Waals surface area contributed by atoms with Crippen molar-refractivity contribution in [3.8, 4) is 11.1 Å². The van der Waals surface area contributed by atoms with Gasteiger partial charge >= 0.3 is 0 Å². The lowest BCUT2D eigenvalue weighted by molar-refractivity contribution is 0.0828. The molecule has 3 N–H and O–H groups in total.